The van der Waals surface area contributed by atoms with Crippen molar-refractivity contribution in [3.63, 3.8) is 0 Å². The Morgan fingerprint density at radius 2 is 2.07 bits per heavy atom. The first-order valence-electron chi connectivity index (χ1n) is 5.92. The summed E-state index contributed by atoms with van der Waals surface area (Å²) in [6.07, 6.45) is 2.88. The average Bonchev–Trinajstić information content (AvgIpc) is 2.23. The molecule has 1 amide bonds. The second kappa shape index (κ2) is 5.47. The number of rotatable bonds is 4. The van der Waals surface area contributed by atoms with Crippen molar-refractivity contribution in [2.75, 3.05) is 32.8 Å². The van der Waals surface area contributed by atoms with Crippen LogP contribution >= 0.6 is 0 Å². The third kappa shape index (κ3) is 3.18. The van der Waals surface area contributed by atoms with Crippen LogP contribution in [0.3, 0.4) is 0 Å². The Bertz CT molecular complexity index is 211. The molecule has 2 rings (SSSR count). The van der Waals surface area contributed by atoms with Crippen LogP contribution in [0, 0.1) is 11.8 Å². The van der Waals surface area contributed by atoms with Gasteiger partial charge in [-0.3, -0.25) is 4.79 Å². The van der Waals surface area contributed by atoms with Gasteiger partial charge in [0, 0.05) is 25.7 Å². The van der Waals surface area contributed by atoms with Gasteiger partial charge in [-0.05, 0) is 38.3 Å². The van der Waals surface area contributed by atoms with Gasteiger partial charge in [0.05, 0.1) is 0 Å². The zero-order chi connectivity index (χ0) is 10.5. The molecule has 2 saturated heterocycles. The molecule has 0 spiro atoms. The molecule has 2 aliphatic rings. The maximum atomic E-state index is 11.7. The second-order valence-corrected chi connectivity index (χ2v) is 4.49. The molecule has 2 aliphatic heterocycles. The van der Waals surface area contributed by atoms with Crippen molar-refractivity contribution in [3.8, 4) is 0 Å². The zero-order valence-electron chi connectivity index (χ0n) is 9.13. The van der Waals surface area contributed by atoms with Gasteiger partial charge in [0.15, 0.2) is 0 Å². The lowest BCUT2D eigenvalue weighted by molar-refractivity contribution is -0.127. The SMILES string of the molecule is O=C(NCCC1CNC1)C1CCOCC1. The lowest BCUT2D eigenvalue weighted by Crippen LogP contribution is -2.44. The van der Waals surface area contributed by atoms with E-state index in [0.29, 0.717) is 0 Å². The number of nitrogens with one attached hydrogen (secondary N) is 2. The molecule has 0 aliphatic carbocycles. The monoisotopic (exact) mass is 212 g/mol. The number of hydrogen-bond acceptors (Lipinski definition) is 3. The fourth-order valence-electron chi connectivity index (χ4n) is 2.06. The summed E-state index contributed by atoms with van der Waals surface area (Å²) in [6, 6.07) is 0. The Kier molecular flexibility index (Phi) is 3.97. The lowest BCUT2D eigenvalue weighted by Gasteiger charge is -2.27. The zero-order valence-corrected chi connectivity index (χ0v) is 9.13. The Morgan fingerprint density at radius 1 is 1.33 bits per heavy atom. The van der Waals surface area contributed by atoms with Gasteiger partial charge >= 0.3 is 0 Å². The summed E-state index contributed by atoms with van der Waals surface area (Å²) in [4.78, 5) is 11.7. The molecule has 0 aromatic heterocycles. The van der Waals surface area contributed by atoms with Gasteiger partial charge in [0.1, 0.15) is 0 Å². The van der Waals surface area contributed by atoms with E-state index in [2.05, 4.69) is 10.6 Å². The molecule has 0 aromatic carbocycles. The van der Waals surface area contributed by atoms with Crippen LogP contribution in [0.15, 0.2) is 0 Å². The second-order valence-electron chi connectivity index (χ2n) is 4.49. The number of carbonyl (C=O) groups is 1. The van der Waals surface area contributed by atoms with Gasteiger partial charge in [-0.2, -0.15) is 0 Å². The van der Waals surface area contributed by atoms with Crippen molar-refractivity contribution in [2.24, 2.45) is 11.8 Å². The molecule has 0 saturated carbocycles. The fourth-order valence-corrected chi connectivity index (χ4v) is 2.06. The largest absolute Gasteiger partial charge is 0.381 e. The smallest absolute Gasteiger partial charge is 0.223 e. The molecule has 2 heterocycles. The van der Waals surface area contributed by atoms with E-state index in [-0.39, 0.29) is 11.8 Å². The number of hydrogen-bond donors (Lipinski definition) is 2. The highest BCUT2D eigenvalue weighted by Gasteiger charge is 2.22. The quantitative estimate of drug-likeness (QED) is 0.697. The van der Waals surface area contributed by atoms with Crippen molar-refractivity contribution in [2.45, 2.75) is 19.3 Å². The van der Waals surface area contributed by atoms with Gasteiger partial charge in [-0.25, -0.2) is 0 Å². The minimum atomic E-state index is 0.193. The normalized spacial score (nSPS) is 23.5. The molecule has 0 bridgehead atoms. The van der Waals surface area contributed by atoms with E-state index in [4.69, 9.17) is 4.74 Å². The van der Waals surface area contributed by atoms with Gasteiger partial charge in [0.2, 0.25) is 5.91 Å². The first kappa shape index (κ1) is 10.9. The van der Waals surface area contributed by atoms with Crippen molar-refractivity contribution < 1.29 is 9.53 Å². The minimum Gasteiger partial charge on any atom is -0.381 e. The molecule has 86 valence electrons. The Morgan fingerprint density at radius 3 is 2.67 bits per heavy atom. The van der Waals surface area contributed by atoms with Crippen LogP contribution in [-0.4, -0.2) is 38.8 Å². The summed E-state index contributed by atoms with van der Waals surface area (Å²) < 4.78 is 5.23. The summed E-state index contributed by atoms with van der Waals surface area (Å²) in [5.74, 6) is 1.20. The molecule has 0 unspecified atom stereocenters. The highest BCUT2D eigenvalue weighted by molar-refractivity contribution is 5.78. The third-order valence-electron chi connectivity index (χ3n) is 3.31. The van der Waals surface area contributed by atoms with Crippen molar-refractivity contribution in [1.82, 2.24) is 10.6 Å². The molecular formula is C11H20N2O2. The maximum Gasteiger partial charge on any atom is 0.223 e. The van der Waals surface area contributed by atoms with Crippen molar-refractivity contribution in [3.05, 3.63) is 0 Å². The average molecular weight is 212 g/mol. The Labute approximate surface area is 90.8 Å². The molecule has 15 heavy (non-hydrogen) atoms. The maximum absolute atomic E-state index is 11.7. The molecule has 2 fully saturated rings. The van der Waals surface area contributed by atoms with E-state index in [1.165, 1.54) is 0 Å². The predicted molar refractivity (Wildman–Crippen MR) is 57.5 cm³/mol. The summed E-state index contributed by atoms with van der Waals surface area (Å²) >= 11 is 0. The van der Waals surface area contributed by atoms with Crippen LogP contribution in [0.25, 0.3) is 0 Å². The summed E-state index contributed by atoms with van der Waals surface area (Å²) in [5.41, 5.74) is 0. The van der Waals surface area contributed by atoms with Crippen LogP contribution in [0.4, 0.5) is 0 Å². The Hall–Kier alpha value is -0.610. The standard InChI is InChI=1S/C11H20N2O2/c14-11(10-2-5-15-6-3-10)13-4-1-9-7-12-8-9/h9-10,12H,1-8H2,(H,13,14). The van der Waals surface area contributed by atoms with E-state index < -0.39 is 0 Å². The van der Waals surface area contributed by atoms with Crippen LogP contribution in [0.5, 0.6) is 0 Å². The Balaban J connectivity index is 1.58. The van der Waals surface area contributed by atoms with Gasteiger partial charge in [-0.15, -0.1) is 0 Å². The molecule has 2 N–H and O–H groups in total. The van der Waals surface area contributed by atoms with E-state index in [9.17, 15) is 4.79 Å². The van der Waals surface area contributed by atoms with E-state index in [0.717, 1.165) is 58.0 Å². The van der Waals surface area contributed by atoms with Crippen LogP contribution < -0.4 is 10.6 Å². The van der Waals surface area contributed by atoms with Crippen molar-refractivity contribution in [1.29, 1.82) is 0 Å². The van der Waals surface area contributed by atoms with E-state index in [1.54, 1.807) is 0 Å². The number of carbonyl (C=O) groups excluding carboxylic acids is 1. The lowest BCUT2D eigenvalue weighted by atomic mass is 9.98. The van der Waals surface area contributed by atoms with Crippen molar-refractivity contribution >= 4 is 5.91 Å². The summed E-state index contributed by atoms with van der Waals surface area (Å²) in [5, 5.41) is 6.26. The molecular weight excluding hydrogens is 192 g/mol. The first-order valence-corrected chi connectivity index (χ1v) is 5.92. The predicted octanol–water partition coefficient (Wildman–Crippen LogP) is 0.139. The molecule has 0 aromatic rings. The van der Waals surface area contributed by atoms with E-state index in [1.807, 2.05) is 0 Å². The highest BCUT2D eigenvalue weighted by atomic mass is 16.5. The first-order chi connectivity index (χ1) is 7.36. The van der Waals surface area contributed by atoms with Gasteiger partial charge in [-0.1, -0.05) is 0 Å². The van der Waals surface area contributed by atoms with E-state index >= 15 is 0 Å². The highest BCUT2D eigenvalue weighted by Crippen LogP contribution is 2.14. The topological polar surface area (TPSA) is 50.4 Å². The molecule has 4 nitrogen and oxygen atoms in total. The third-order valence-corrected chi connectivity index (χ3v) is 3.31. The number of amides is 1. The van der Waals surface area contributed by atoms with Gasteiger partial charge in [0.25, 0.3) is 0 Å². The van der Waals surface area contributed by atoms with Crippen LogP contribution in [0.1, 0.15) is 19.3 Å². The summed E-state index contributed by atoms with van der Waals surface area (Å²) in [6.45, 7) is 4.55. The van der Waals surface area contributed by atoms with Crippen LogP contribution in [-0.2, 0) is 9.53 Å². The molecule has 0 atom stereocenters. The van der Waals surface area contributed by atoms with Gasteiger partial charge < -0.3 is 15.4 Å². The summed E-state index contributed by atoms with van der Waals surface area (Å²) in [7, 11) is 0. The number of ether oxygens (including phenoxy) is 1. The fraction of sp³-hybridized carbons (Fsp3) is 0.909. The molecule has 0 radical (unpaired) electrons. The minimum absolute atomic E-state index is 0.193. The van der Waals surface area contributed by atoms with Crippen LogP contribution in [0.2, 0.25) is 0 Å². The molecule has 4 heteroatoms.